The molecule has 1 aromatic carbocycles. The molecule has 4 nitrogen and oxygen atoms in total. The number of rotatable bonds is 2. The number of alkyl carbamates (subject to hydrolysis) is 1. The fourth-order valence-electron chi connectivity index (χ4n) is 2.85. The molecule has 1 unspecified atom stereocenters. The van der Waals surface area contributed by atoms with Crippen LogP contribution in [0.3, 0.4) is 0 Å². The monoisotopic (exact) mass is 276 g/mol. The minimum absolute atomic E-state index is 0.0452. The summed E-state index contributed by atoms with van der Waals surface area (Å²) in [6.45, 7) is 2.14. The van der Waals surface area contributed by atoms with E-state index in [0.717, 1.165) is 35.0 Å². The second kappa shape index (κ2) is 5.15. The molecule has 1 atom stereocenters. The highest BCUT2D eigenvalue weighted by atomic mass is 19.1. The summed E-state index contributed by atoms with van der Waals surface area (Å²) >= 11 is 0. The van der Waals surface area contributed by atoms with Crippen LogP contribution >= 0.6 is 0 Å². The minimum atomic E-state index is -0.382. The molecule has 0 fully saturated rings. The van der Waals surface area contributed by atoms with Crippen LogP contribution in [0.4, 0.5) is 9.18 Å². The number of amides is 1. The maximum absolute atomic E-state index is 13.4. The van der Waals surface area contributed by atoms with Crippen LogP contribution in [0.5, 0.6) is 0 Å². The number of nitrogens with one attached hydrogen (secondary N) is 2. The van der Waals surface area contributed by atoms with Gasteiger partial charge in [-0.25, -0.2) is 9.18 Å². The second-order valence-corrected chi connectivity index (χ2v) is 5.08. The molecule has 2 aromatic rings. The first kappa shape index (κ1) is 13.0. The van der Waals surface area contributed by atoms with E-state index in [1.165, 1.54) is 6.07 Å². The van der Waals surface area contributed by atoms with E-state index in [0.29, 0.717) is 13.0 Å². The summed E-state index contributed by atoms with van der Waals surface area (Å²) in [7, 11) is 0. The molecule has 5 heteroatoms. The smallest absolute Gasteiger partial charge is 0.407 e. The molecule has 0 bridgehead atoms. The van der Waals surface area contributed by atoms with Crippen LogP contribution in [-0.2, 0) is 17.6 Å². The standard InChI is InChI=1S/C15H17FN2O2/c1-2-20-15(19)17-10-4-6-14-12(8-10)11-7-9(16)3-5-13(11)18-14/h3,5,7,10,18H,2,4,6,8H2,1H3,(H,17,19). The van der Waals surface area contributed by atoms with Gasteiger partial charge in [-0.3, -0.25) is 0 Å². The highest BCUT2D eigenvalue weighted by molar-refractivity contribution is 5.85. The van der Waals surface area contributed by atoms with Crippen LogP contribution in [0.2, 0.25) is 0 Å². The van der Waals surface area contributed by atoms with Crippen LogP contribution < -0.4 is 5.32 Å². The average Bonchev–Trinajstić information content (AvgIpc) is 2.76. The van der Waals surface area contributed by atoms with E-state index in [-0.39, 0.29) is 18.0 Å². The molecule has 0 saturated carbocycles. The Balaban J connectivity index is 1.84. The molecule has 1 heterocycles. The lowest BCUT2D eigenvalue weighted by Crippen LogP contribution is -2.39. The summed E-state index contributed by atoms with van der Waals surface area (Å²) < 4.78 is 18.3. The van der Waals surface area contributed by atoms with Crippen molar-refractivity contribution in [3.8, 4) is 0 Å². The molecular weight excluding hydrogens is 259 g/mol. The fourth-order valence-corrected chi connectivity index (χ4v) is 2.85. The topological polar surface area (TPSA) is 54.1 Å². The summed E-state index contributed by atoms with van der Waals surface area (Å²) in [5, 5.41) is 3.77. The third-order valence-corrected chi connectivity index (χ3v) is 3.75. The fraction of sp³-hybridized carbons (Fsp3) is 0.400. The zero-order valence-electron chi connectivity index (χ0n) is 11.3. The van der Waals surface area contributed by atoms with Crippen LogP contribution in [-0.4, -0.2) is 23.7 Å². The van der Waals surface area contributed by atoms with Gasteiger partial charge in [-0.1, -0.05) is 0 Å². The van der Waals surface area contributed by atoms with E-state index in [4.69, 9.17) is 4.74 Å². The van der Waals surface area contributed by atoms with E-state index in [1.807, 2.05) is 0 Å². The summed E-state index contributed by atoms with van der Waals surface area (Å²) in [6, 6.07) is 4.82. The number of carbonyl (C=O) groups is 1. The molecule has 1 amide bonds. The van der Waals surface area contributed by atoms with Gasteiger partial charge in [0.15, 0.2) is 0 Å². The second-order valence-electron chi connectivity index (χ2n) is 5.08. The molecule has 0 spiro atoms. The van der Waals surface area contributed by atoms with Gasteiger partial charge in [0.25, 0.3) is 0 Å². The lowest BCUT2D eigenvalue weighted by Gasteiger charge is -2.23. The van der Waals surface area contributed by atoms with Gasteiger partial charge in [-0.15, -0.1) is 0 Å². The minimum Gasteiger partial charge on any atom is -0.450 e. The first-order valence-corrected chi connectivity index (χ1v) is 6.89. The maximum atomic E-state index is 13.4. The van der Waals surface area contributed by atoms with Crippen LogP contribution in [0.1, 0.15) is 24.6 Å². The van der Waals surface area contributed by atoms with Gasteiger partial charge in [0.1, 0.15) is 5.82 Å². The summed E-state index contributed by atoms with van der Waals surface area (Å²) in [5.74, 6) is -0.236. The van der Waals surface area contributed by atoms with Gasteiger partial charge in [0, 0.05) is 22.6 Å². The van der Waals surface area contributed by atoms with Crippen molar-refractivity contribution >= 4 is 17.0 Å². The summed E-state index contributed by atoms with van der Waals surface area (Å²) in [6.07, 6.45) is 2.04. The van der Waals surface area contributed by atoms with E-state index in [9.17, 15) is 9.18 Å². The molecule has 0 radical (unpaired) electrons. The first-order chi connectivity index (χ1) is 9.67. The van der Waals surface area contributed by atoms with Crippen LogP contribution in [0.15, 0.2) is 18.2 Å². The quantitative estimate of drug-likeness (QED) is 0.886. The van der Waals surface area contributed by atoms with Gasteiger partial charge in [-0.05, 0) is 49.9 Å². The number of fused-ring (bicyclic) bond motifs is 3. The molecule has 1 aliphatic rings. The number of hydrogen-bond donors (Lipinski definition) is 2. The largest absolute Gasteiger partial charge is 0.450 e. The average molecular weight is 276 g/mol. The van der Waals surface area contributed by atoms with E-state index in [2.05, 4.69) is 10.3 Å². The predicted octanol–water partition coefficient (Wildman–Crippen LogP) is 2.91. The molecule has 3 rings (SSSR count). The molecule has 20 heavy (non-hydrogen) atoms. The zero-order valence-corrected chi connectivity index (χ0v) is 11.3. The molecule has 106 valence electrons. The van der Waals surface area contributed by atoms with Crippen molar-refractivity contribution in [2.45, 2.75) is 32.2 Å². The number of hydrogen-bond acceptors (Lipinski definition) is 2. The lowest BCUT2D eigenvalue weighted by molar-refractivity contribution is 0.147. The number of aryl methyl sites for hydroxylation is 1. The van der Waals surface area contributed by atoms with Crippen molar-refractivity contribution in [3.63, 3.8) is 0 Å². The molecule has 1 aliphatic carbocycles. The van der Waals surface area contributed by atoms with Crippen molar-refractivity contribution in [2.75, 3.05) is 6.61 Å². The van der Waals surface area contributed by atoms with Crippen molar-refractivity contribution in [1.82, 2.24) is 10.3 Å². The van der Waals surface area contributed by atoms with Crippen molar-refractivity contribution in [2.24, 2.45) is 0 Å². The van der Waals surface area contributed by atoms with E-state index in [1.54, 1.807) is 19.1 Å². The Hall–Kier alpha value is -2.04. The van der Waals surface area contributed by atoms with E-state index >= 15 is 0 Å². The molecule has 2 N–H and O–H groups in total. The molecular formula is C15H17FN2O2. The number of halogens is 1. The number of carbonyl (C=O) groups excluding carboxylic acids is 1. The maximum Gasteiger partial charge on any atom is 0.407 e. The first-order valence-electron chi connectivity index (χ1n) is 6.89. The molecule has 0 aliphatic heterocycles. The van der Waals surface area contributed by atoms with Crippen molar-refractivity contribution in [3.05, 3.63) is 35.3 Å². The summed E-state index contributed by atoms with van der Waals surface area (Å²) in [5.41, 5.74) is 3.20. The van der Waals surface area contributed by atoms with Gasteiger partial charge in [0.05, 0.1) is 6.61 Å². The van der Waals surface area contributed by atoms with E-state index < -0.39 is 0 Å². The number of H-pyrrole nitrogens is 1. The Morgan fingerprint density at radius 3 is 3.20 bits per heavy atom. The van der Waals surface area contributed by atoms with Gasteiger partial charge < -0.3 is 15.0 Å². The Kier molecular flexibility index (Phi) is 3.34. The number of aromatic nitrogens is 1. The van der Waals surface area contributed by atoms with Crippen LogP contribution in [0, 0.1) is 5.82 Å². The highest BCUT2D eigenvalue weighted by Gasteiger charge is 2.24. The Bertz CT molecular complexity index is 651. The van der Waals surface area contributed by atoms with Crippen molar-refractivity contribution in [1.29, 1.82) is 0 Å². The lowest BCUT2D eigenvalue weighted by atomic mass is 9.91. The highest BCUT2D eigenvalue weighted by Crippen LogP contribution is 2.29. The van der Waals surface area contributed by atoms with Gasteiger partial charge >= 0.3 is 6.09 Å². The molecule has 1 aromatic heterocycles. The number of ether oxygens (including phenoxy) is 1. The number of benzene rings is 1. The van der Waals surface area contributed by atoms with Crippen molar-refractivity contribution < 1.29 is 13.9 Å². The third-order valence-electron chi connectivity index (χ3n) is 3.75. The predicted molar refractivity (Wildman–Crippen MR) is 74.2 cm³/mol. The third kappa shape index (κ3) is 2.35. The SMILES string of the molecule is CCOC(=O)NC1CCc2[nH]c3ccc(F)cc3c2C1. The zero-order chi connectivity index (χ0) is 14.1. The van der Waals surface area contributed by atoms with Gasteiger partial charge in [0.2, 0.25) is 0 Å². The summed E-state index contributed by atoms with van der Waals surface area (Å²) in [4.78, 5) is 14.8. The normalized spacial score (nSPS) is 17.8. The Morgan fingerprint density at radius 2 is 2.40 bits per heavy atom. The van der Waals surface area contributed by atoms with Crippen LogP contribution in [0.25, 0.3) is 10.9 Å². The molecule has 0 saturated heterocycles. The Labute approximate surface area is 116 Å². The number of aromatic amines is 1. The Morgan fingerprint density at radius 1 is 1.55 bits per heavy atom. The van der Waals surface area contributed by atoms with Gasteiger partial charge in [-0.2, -0.15) is 0 Å².